The number of amides is 1. The van der Waals surface area contributed by atoms with E-state index >= 15 is 0 Å². The SMILES string of the molecule is CC(C)n1ncc2cc(NC(=O)CSc3nncn3-c3cccc(Cl)c3)cnc21. The van der Waals surface area contributed by atoms with Crippen LogP contribution in [-0.2, 0) is 4.79 Å². The molecule has 0 fully saturated rings. The van der Waals surface area contributed by atoms with Gasteiger partial charge in [-0.1, -0.05) is 29.4 Å². The van der Waals surface area contributed by atoms with Crippen LogP contribution in [0.1, 0.15) is 19.9 Å². The molecule has 10 heteroatoms. The Hall–Kier alpha value is -2.91. The van der Waals surface area contributed by atoms with Gasteiger partial charge in [0.1, 0.15) is 6.33 Å². The molecule has 0 spiro atoms. The van der Waals surface area contributed by atoms with Crippen molar-refractivity contribution in [2.24, 2.45) is 0 Å². The Balaban J connectivity index is 1.42. The summed E-state index contributed by atoms with van der Waals surface area (Å²) in [6, 6.07) is 9.44. The topological polar surface area (TPSA) is 90.5 Å². The third kappa shape index (κ3) is 4.25. The minimum atomic E-state index is -0.159. The van der Waals surface area contributed by atoms with E-state index in [1.807, 2.05) is 42.8 Å². The van der Waals surface area contributed by atoms with Gasteiger partial charge in [-0.15, -0.1) is 10.2 Å². The summed E-state index contributed by atoms with van der Waals surface area (Å²) in [4.78, 5) is 16.8. The van der Waals surface area contributed by atoms with Crippen LogP contribution >= 0.6 is 23.4 Å². The van der Waals surface area contributed by atoms with Crippen molar-refractivity contribution in [3.63, 3.8) is 0 Å². The van der Waals surface area contributed by atoms with Crippen LogP contribution in [0.2, 0.25) is 5.02 Å². The first kappa shape index (κ1) is 19.4. The van der Waals surface area contributed by atoms with Crippen LogP contribution in [0.25, 0.3) is 16.7 Å². The summed E-state index contributed by atoms with van der Waals surface area (Å²) in [5.41, 5.74) is 2.26. The number of aromatic nitrogens is 6. The van der Waals surface area contributed by atoms with E-state index in [2.05, 4.69) is 25.6 Å². The van der Waals surface area contributed by atoms with Crippen molar-refractivity contribution in [1.29, 1.82) is 0 Å². The standard InChI is InChI=1S/C19H18ClN7OS/c1-12(2)27-18-13(8-23-27)6-15(9-21-18)24-17(28)10-29-19-25-22-11-26(19)16-5-3-4-14(20)7-16/h3-9,11-12H,10H2,1-2H3,(H,24,28). The second-order valence-corrected chi connectivity index (χ2v) is 8.00. The predicted octanol–water partition coefficient (Wildman–Crippen LogP) is 3.98. The number of carbonyl (C=O) groups excluding carboxylic acids is 1. The Morgan fingerprint density at radius 1 is 1.28 bits per heavy atom. The largest absolute Gasteiger partial charge is 0.324 e. The molecule has 0 radical (unpaired) electrons. The maximum absolute atomic E-state index is 12.4. The second-order valence-electron chi connectivity index (χ2n) is 6.62. The van der Waals surface area contributed by atoms with Gasteiger partial charge < -0.3 is 5.32 Å². The van der Waals surface area contributed by atoms with Crippen LogP contribution in [0.5, 0.6) is 0 Å². The van der Waals surface area contributed by atoms with Gasteiger partial charge in [0, 0.05) is 16.5 Å². The van der Waals surface area contributed by atoms with Crippen molar-refractivity contribution < 1.29 is 4.79 Å². The average molecular weight is 428 g/mol. The zero-order valence-electron chi connectivity index (χ0n) is 15.8. The average Bonchev–Trinajstić information content (AvgIpc) is 3.33. The summed E-state index contributed by atoms with van der Waals surface area (Å²) in [6.45, 7) is 4.09. The van der Waals surface area contributed by atoms with Gasteiger partial charge >= 0.3 is 0 Å². The summed E-state index contributed by atoms with van der Waals surface area (Å²) in [5.74, 6) is 0.0239. The van der Waals surface area contributed by atoms with E-state index in [1.165, 1.54) is 11.8 Å². The lowest BCUT2D eigenvalue weighted by Crippen LogP contribution is -2.14. The molecular weight excluding hydrogens is 410 g/mol. The van der Waals surface area contributed by atoms with Gasteiger partial charge in [-0.25, -0.2) is 9.67 Å². The number of nitrogens with zero attached hydrogens (tertiary/aromatic N) is 6. The lowest BCUT2D eigenvalue weighted by molar-refractivity contribution is -0.113. The Morgan fingerprint density at radius 2 is 2.14 bits per heavy atom. The van der Waals surface area contributed by atoms with Gasteiger partial charge in [0.2, 0.25) is 5.91 Å². The van der Waals surface area contributed by atoms with Crippen molar-refractivity contribution in [1.82, 2.24) is 29.5 Å². The second kappa shape index (κ2) is 8.22. The summed E-state index contributed by atoms with van der Waals surface area (Å²) in [6.07, 6.45) is 4.98. The molecule has 0 aliphatic rings. The van der Waals surface area contributed by atoms with Gasteiger partial charge in [0.15, 0.2) is 10.8 Å². The molecule has 8 nitrogen and oxygen atoms in total. The van der Waals surface area contributed by atoms with E-state index < -0.39 is 0 Å². The molecule has 1 amide bonds. The minimum absolute atomic E-state index is 0.159. The van der Waals surface area contributed by atoms with Gasteiger partial charge in [-0.2, -0.15) is 5.10 Å². The molecule has 3 heterocycles. The van der Waals surface area contributed by atoms with Crippen molar-refractivity contribution in [2.75, 3.05) is 11.1 Å². The molecule has 4 rings (SSSR count). The molecular formula is C19H18ClN7OS. The lowest BCUT2D eigenvalue weighted by atomic mass is 10.3. The highest BCUT2D eigenvalue weighted by Gasteiger charge is 2.12. The molecule has 29 heavy (non-hydrogen) atoms. The van der Waals surface area contributed by atoms with E-state index in [4.69, 9.17) is 11.6 Å². The minimum Gasteiger partial charge on any atom is -0.324 e. The quantitative estimate of drug-likeness (QED) is 0.468. The predicted molar refractivity (Wildman–Crippen MR) is 114 cm³/mol. The highest BCUT2D eigenvalue weighted by Crippen LogP contribution is 2.23. The number of fused-ring (bicyclic) bond motifs is 1. The molecule has 1 aromatic carbocycles. The number of rotatable bonds is 6. The Morgan fingerprint density at radius 3 is 2.93 bits per heavy atom. The first-order valence-electron chi connectivity index (χ1n) is 8.93. The monoisotopic (exact) mass is 427 g/mol. The molecule has 3 aromatic heterocycles. The first-order valence-corrected chi connectivity index (χ1v) is 10.3. The normalized spacial score (nSPS) is 11.3. The summed E-state index contributed by atoms with van der Waals surface area (Å²) in [7, 11) is 0. The maximum atomic E-state index is 12.4. The summed E-state index contributed by atoms with van der Waals surface area (Å²) < 4.78 is 3.64. The molecule has 0 saturated carbocycles. The molecule has 0 saturated heterocycles. The number of thioether (sulfide) groups is 1. The lowest BCUT2D eigenvalue weighted by Gasteiger charge is -2.08. The third-order valence-corrected chi connectivity index (χ3v) is 5.32. The smallest absolute Gasteiger partial charge is 0.234 e. The van der Waals surface area contributed by atoms with Crippen LogP contribution in [0.4, 0.5) is 5.69 Å². The fraction of sp³-hybridized carbons (Fsp3) is 0.211. The fourth-order valence-corrected chi connectivity index (χ4v) is 3.75. The molecule has 4 aromatic rings. The Kier molecular flexibility index (Phi) is 5.50. The molecule has 0 unspecified atom stereocenters. The molecule has 148 valence electrons. The van der Waals surface area contributed by atoms with Crippen LogP contribution < -0.4 is 5.32 Å². The fourth-order valence-electron chi connectivity index (χ4n) is 2.84. The molecule has 0 aliphatic carbocycles. The van der Waals surface area contributed by atoms with E-state index in [1.54, 1.807) is 29.4 Å². The van der Waals surface area contributed by atoms with Crippen molar-refractivity contribution >= 4 is 46.0 Å². The molecule has 0 aliphatic heterocycles. The number of halogens is 1. The van der Waals surface area contributed by atoms with Crippen LogP contribution in [0, 0.1) is 0 Å². The van der Waals surface area contributed by atoms with Gasteiger partial charge in [0.25, 0.3) is 0 Å². The summed E-state index contributed by atoms with van der Waals surface area (Å²) in [5, 5.41) is 17.3. The van der Waals surface area contributed by atoms with Gasteiger partial charge in [-0.05, 0) is 38.1 Å². The number of nitrogens with one attached hydrogen (secondary N) is 1. The van der Waals surface area contributed by atoms with Crippen LogP contribution in [0.15, 0.2) is 54.2 Å². The molecule has 0 atom stereocenters. The number of benzene rings is 1. The van der Waals surface area contributed by atoms with Crippen molar-refractivity contribution in [3.8, 4) is 5.69 Å². The zero-order chi connectivity index (χ0) is 20.4. The van der Waals surface area contributed by atoms with E-state index in [0.29, 0.717) is 15.9 Å². The van der Waals surface area contributed by atoms with E-state index in [-0.39, 0.29) is 17.7 Å². The number of hydrogen-bond acceptors (Lipinski definition) is 6. The van der Waals surface area contributed by atoms with Crippen LogP contribution in [-0.4, -0.2) is 41.2 Å². The van der Waals surface area contributed by atoms with Gasteiger partial charge in [-0.3, -0.25) is 9.36 Å². The van der Waals surface area contributed by atoms with Gasteiger partial charge in [0.05, 0.1) is 29.5 Å². The number of carbonyl (C=O) groups is 1. The molecule has 0 bridgehead atoms. The molecule has 1 N–H and O–H groups in total. The van der Waals surface area contributed by atoms with Crippen LogP contribution in [0.3, 0.4) is 0 Å². The Bertz CT molecular complexity index is 1170. The third-order valence-electron chi connectivity index (χ3n) is 4.14. The van der Waals surface area contributed by atoms with E-state index in [0.717, 1.165) is 16.7 Å². The maximum Gasteiger partial charge on any atom is 0.234 e. The Labute approximate surface area is 176 Å². The highest BCUT2D eigenvalue weighted by molar-refractivity contribution is 7.99. The number of pyridine rings is 1. The van der Waals surface area contributed by atoms with Crippen molar-refractivity contribution in [2.45, 2.75) is 25.0 Å². The first-order chi connectivity index (χ1) is 14.0. The number of anilines is 1. The summed E-state index contributed by atoms with van der Waals surface area (Å²) >= 11 is 7.35. The van der Waals surface area contributed by atoms with E-state index in [9.17, 15) is 4.79 Å². The van der Waals surface area contributed by atoms with Crippen molar-refractivity contribution in [3.05, 3.63) is 54.1 Å². The number of hydrogen-bond donors (Lipinski definition) is 1. The highest BCUT2D eigenvalue weighted by atomic mass is 35.5. The zero-order valence-corrected chi connectivity index (χ0v) is 17.4.